The van der Waals surface area contributed by atoms with Gasteiger partial charge in [-0.15, -0.1) is 0 Å². The largest absolute Gasteiger partial charge is 0.383 e. The number of halogens is 1. The van der Waals surface area contributed by atoms with E-state index in [9.17, 15) is 0 Å². The Morgan fingerprint density at radius 3 is 2.65 bits per heavy atom. The summed E-state index contributed by atoms with van der Waals surface area (Å²) in [6.45, 7) is 3.99. The smallest absolute Gasteiger partial charge is 0.180 e. The van der Waals surface area contributed by atoms with Crippen molar-refractivity contribution in [2.24, 2.45) is 0 Å². The lowest BCUT2D eigenvalue weighted by Crippen LogP contribution is -2.04. The summed E-state index contributed by atoms with van der Waals surface area (Å²) in [5.74, 6) is 1.11. The molecule has 0 atom stereocenters. The zero-order chi connectivity index (χ0) is 12.4. The number of pyridine rings is 1. The fourth-order valence-electron chi connectivity index (χ4n) is 1.55. The van der Waals surface area contributed by atoms with E-state index < -0.39 is 0 Å². The standard InChI is InChI=1S/C12H13BrN4/c1-3-9-7(2)11(14)17-12(16-9)10-5-4-8(13)6-15-10/h4-6H,3H2,1-2H3,(H2,14,16,17). The molecule has 0 saturated carbocycles. The molecule has 5 heteroatoms. The highest BCUT2D eigenvalue weighted by Crippen LogP contribution is 2.20. The fraction of sp³-hybridized carbons (Fsp3) is 0.250. The maximum absolute atomic E-state index is 5.88. The Bertz CT molecular complexity index is 537. The summed E-state index contributed by atoms with van der Waals surface area (Å²) in [5.41, 5.74) is 8.53. The maximum atomic E-state index is 5.88. The molecule has 17 heavy (non-hydrogen) atoms. The third kappa shape index (κ3) is 2.44. The molecule has 0 spiro atoms. The van der Waals surface area contributed by atoms with E-state index in [1.54, 1.807) is 6.20 Å². The Hall–Kier alpha value is -1.49. The van der Waals surface area contributed by atoms with Crippen LogP contribution < -0.4 is 5.73 Å². The van der Waals surface area contributed by atoms with Gasteiger partial charge in [0.2, 0.25) is 0 Å². The minimum atomic E-state index is 0.525. The van der Waals surface area contributed by atoms with Gasteiger partial charge in [0.1, 0.15) is 11.5 Å². The van der Waals surface area contributed by atoms with Gasteiger partial charge in [-0.05, 0) is 41.4 Å². The molecule has 2 aromatic heterocycles. The molecule has 2 aromatic rings. The number of hydrogen-bond acceptors (Lipinski definition) is 4. The van der Waals surface area contributed by atoms with E-state index in [2.05, 4.69) is 30.9 Å². The van der Waals surface area contributed by atoms with E-state index in [0.29, 0.717) is 11.6 Å². The molecule has 0 unspecified atom stereocenters. The number of aryl methyl sites for hydroxylation is 1. The van der Waals surface area contributed by atoms with Crippen LogP contribution >= 0.6 is 15.9 Å². The Kier molecular flexibility index (Phi) is 3.38. The predicted molar refractivity (Wildman–Crippen MR) is 71.5 cm³/mol. The van der Waals surface area contributed by atoms with Crippen LogP contribution in [0.4, 0.5) is 5.82 Å². The molecular formula is C12H13BrN4. The lowest BCUT2D eigenvalue weighted by atomic mass is 10.2. The second kappa shape index (κ2) is 4.79. The van der Waals surface area contributed by atoms with Crippen LogP contribution in [0.5, 0.6) is 0 Å². The number of nitrogens with two attached hydrogens (primary N) is 1. The van der Waals surface area contributed by atoms with Crippen molar-refractivity contribution in [3.05, 3.63) is 34.1 Å². The Balaban J connectivity index is 2.52. The molecule has 0 fully saturated rings. The average Bonchev–Trinajstić information content (AvgIpc) is 2.33. The molecule has 0 aliphatic rings. The number of rotatable bonds is 2. The first-order valence-corrected chi connectivity index (χ1v) is 6.16. The molecule has 0 aliphatic carbocycles. The van der Waals surface area contributed by atoms with Crippen molar-refractivity contribution >= 4 is 21.7 Å². The van der Waals surface area contributed by atoms with Gasteiger partial charge in [-0.25, -0.2) is 9.97 Å². The number of nitrogen functional groups attached to an aromatic ring is 1. The average molecular weight is 293 g/mol. The molecule has 4 nitrogen and oxygen atoms in total. The summed E-state index contributed by atoms with van der Waals surface area (Å²) in [6, 6.07) is 3.78. The van der Waals surface area contributed by atoms with Crippen molar-refractivity contribution in [1.82, 2.24) is 15.0 Å². The van der Waals surface area contributed by atoms with E-state index in [0.717, 1.165) is 27.8 Å². The van der Waals surface area contributed by atoms with Crippen LogP contribution in [0.2, 0.25) is 0 Å². The summed E-state index contributed by atoms with van der Waals surface area (Å²) in [4.78, 5) is 13.0. The molecule has 2 heterocycles. The quantitative estimate of drug-likeness (QED) is 0.924. The van der Waals surface area contributed by atoms with Gasteiger partial charge < -0.3 is 5.73 Å². The van der Waals surface area contributed by atoms with E-state index >= 15 is 0 Å². The van der Waals surface area contributed by atoms with Gasteiger partial charge in [0.25, 0.3) is 0 Å². The van der Waals surface area contributed by atoms with E-state index in [1.165, 1.54) is 0 Å². The van der Waals surface area contributed by atoms with Crippen LogP contribution in [-0.4, -0.2) is 15.0 Å². The maximum Gasteiger partial charge on any atom is 0.180 e. The third-order valence-corrected chi connectivity index (χ3v) is 3.04. The van der Waals surface area contributed by atoms with Crippen molar-refractivity contribution in [3.63, 3.8) is 0 Å². The molecular weight excluding hydrogens is 280 g/mol. The molecule has 88 valence electrons. The highest BCUT2D eigenvalue weighted by atomic mass is 79.9. The first kappa shape index (κ1) is 12.0. The number of anilines is 1. The minimum Gasteiger partial charge on any atom is -0.383 e. The van der Waals surface area contributed by atoms with Gasteiger partial charge in [0.05, 0.1) is 0 Å². The summed E-state index contributed by atoms with van der Waals surface area (Å²) in [7, 11) is 0. The van der Waals surface area contributed by atoms with Gasteiger partial charge in [-0.3, -0.25) is 4.98 Å². The summed E-state index contributed by atoms with van der Waals surface area (Å²) in [5, 5.41) is 0. The van der Waals surface area contributed by atoms with Crippen molar-refractivity contribution in [3.8, 4) is 11.5 Å². The zero-order valence-corrected chi connectivity index (χ0v) is 11.3. The summed E-state index contributed by atoms with van der Waals surface area (Å²) < 4.78 is 0.928. The minimum absolute atomic E-state index is 0.525. The molecule has 0 saturated heterocycles. The molecule has 0 bridgehead atoms. The van der Waals surface area contributed by atoms with Crippen LogP contribution in [0.25, 0.3) is 11.5 Å². The highest BCUT2D eigenvalue weighted by molar-refractivity contribution is 9.10. The van der Waals surface area contributed by atoms with Crippen LogP contribution in [-0.2, 0) is 6.42 Å². The first-order chi connectivity index (χ1) is 8.11. The van der Waals surface area contributed by atoms with Crippen molar-refractivity contribution < 1.29 is 0 Å². The molecule has 0 radical (unpaired) electrons. The van der Waals surface area contributed by atoms with Crippen molar-refractivity contribution in [2.75, 3.05) is 5.73 Å². The summed E-state index contributed by atoms with van der Waals surface area (Å²) in [6.07, 6.45) is 2.56. The monoisotopic (exact) mass is 292 g/mol. The van der Waals surface area contributed by atoms with Crippen LogP contribution in [0, 0.1) is 6.92 Å². The molecule has 2 N–H and O–H groups in total. The van der Waals surface area contributed by atoms with Crippen LogP contribution in [0.15, 0.2) is 22.8 Å². The Labute approximate surface area is 108 Å². The molecule has 0 amide bonds. The predicted octanol–water partition coefficient (Wildman–Crippen LogP) is 2.75. The van der Waals surface area contributed by atoms with Crippen molar-refractivity contribution in [1.29, 1.82) is 0 Å². The van der Waals surface area contributed by atoms with Gasteiger partial charge in [-0.2, -0.15) is 0 Å². The number of nitrogens with zero attached hydrogens (tertiary/aromatic N) is 3. The zero-order valence-electron chi connectivity index (χ0n) is 9.74. The van der Waals surface area contributed by atoms with E-state index in [1.807, 2.05) is 26.0 Å². The Morgan fingerprint density at radius 1 is 1.29 bits per heavy atom. The highest BCUT2D eigenvalue weighted by Gasteiger charge is 2.09. The molecule has 0 aliphatic heterocycles. The lowest BCUT2D eigenvalue weighted by Gasteiger charge is -2.08. The second-order valence-corrected chi connectivity index (χ2v) is 4.64. The first-order valence-electron chi connectivity index (χ1n) is 5.36. The third-order valence-electron chi connectivity index (χ3n) is 2.58. The lowest BCUT2D eigenvalue weighted by molar-refractivity contribution is 0.976. The number of hydrogen-bond donors (Lipinski definition) is 1. The fourth-order valence-corrected chi connectivity index (χ4v) is 1.78. The molecule has 0 aromatic carbocycles. The van der Waals surface area contributed by atoms with E-state index in [-0.39, 0.29) is 0 Å². The van der Waals surface area contributed by atoms with E-state index in [4.69, 9.17) is 5.73 Å². The van der Waals surface area contributed by atoms with Crippen molar-refractivity contribution in [2.45, 2.75) is 20.3 Å². The van der Waals surface area contributed by atoms with Crippen LogP contribution in [0.3, 0.4) is 0 Å². The number of aromatic nitrogens is 3. The van der Waals surface area contributed by atoms with Gasteiger partial charge in [0, 0.05) is 21.9 Å². The van der Waals surface area contributed by atoms with Gasteiger partial charge >= 0.3 is 0 Å². The topological polar surface area (TPSA) is 64.7 Å². The SMILES string of the molecule is CCc1nc(-c2ccc(Br)cn2)nc(N)c1C. The van der Waals surface area contributed by atoms with Crippen LogP contribution in [0.1, 0.15) is 18.2 Å². The summed E-state index contributed by atoms with van der Waals surface area (Å²) >= 11 is 3.34. The van der Waals surface area contributed by atoms with Gasteiger partial charge in [0.15, 0.2) is 5.82 Å². The Morgan fingerprint density at radius 2 is 2.06 bits per heavy atom. The van der Waals surface area contributed by atoms with Gasteiger partial charge in [-0.1, -0.05) is 6.92 Å². The molecule has 2 rings (SSSR count). The second-order valence-electron chi connectivity index (χ2n) is 3.72. The normalized spacial score (nSPS) is 10.5.